The standard InChI is InChI=1S/C11H8ClFN2O3/c12-8-3-6(13)1-2-10(8)18-5-7-4-9(11(16)17)15-14-7/h1-4H,5H2,(H,14,15)(H,16,17). The molecule has 0 atom stereocenters. The Morgan fingerprint density at radius 2 is 2.28 bits per heavy atom. The summed E-state index contributed by atoms with van der Waals surface area (Å²) in [5, 5.41) is 14.9. The first-order chi connectivity index (χ1) is 8.56. The van der Waals surface area contributed by atoms with Gasteiger partial charge in [-0.1, -0.05) is 11.6 Å². The summed E-state index contributed by atoms with van der Waals surface area (Å²) in [6.45, 7) is 0.0611. The maximum atomic E-state index is 12.8. The number of carboxylic acids is 1. The molecule has 1 heterocycles. The fourth-order valence-corrected chi connectivity index (χ4v) is 1.51. The van der Waals surface area contributed by atoms with Gasteiger partial charge in [-0.05, 0) is 24.3 Å². The van der Waals surface area contributed by atoms with Crippen molar-refractivity contribution in [3.05, 3.63) is 46.5 Å². The van der Waals surface area contributed by atoms with Gasteiger partial charge in [0, 0.05) is 0 Å². The summed E-state index contributed by atoms with van der Waals surface area (Å²) in [5.74, 6) is -1.27. The zero-order valence-electron chi connectivity index (χ0n) is 8.98. The molecular formula is C11H8ClFN2O3. The largest absolute Gasteiger partial charge is 0.486 e. The lowest BCUT2D eigenvalue weighted by molar-refractivity contribution is 0.0690. The van der Waals surface area contributed by atoms with E-state index in [0.29, 0.717) is 11.4 Å². The quantitative estimate of drug-likeness (QED) is 0.895. The van der Waals surface area contributed by atoms with Crippen molar-refractivity contribution in [3.8, 4) is 5.75 Å². The smallest absolute Gasteiger partial charge is 0.356 e. The molecule has 5 nitrogen and oxygen atoms in total. The number of nitrogens with zero attached hydrogens (tertiary/aromatic N) is 1. The van der Waals surface area contributed by atoms with E-state index in [1.54, 1.807) is 0 Å². The lowest BCUT2D eigenvalue weighted by atomic mass is 10.3. The second-order valence-corrected chi connectivity index (χ2v) is 3.85. The monoisotopic (exact) mass is 270 g/mol. The summed E-state index contributed by atoms with van der Waals surface area (Å²) >= 11 is 5.77. The molecule has 2 aromatic rings. The number of hydrogen-bond donors (Lipinski definition) is 2. The van der Waals surface area contributed by atoms with Crippen molar-refractivity contribution >= 4 is 17.6 Å². The van der Waals surface area contributed by atoms with Crippen molar-refractivity contribution in [2.24, 2.45) is 0 Å². The van der Waals surface area contributed by atoms with Gasteiger partial charge in [0.2, 0.25) is 0 Å². The maximum Gasteiger partial charge on any atom is 0.356 e. The average Bonchev–Trinajstić information content (AvgIpc) is 2.76. The molecule has 0 radical (unpaired) electrons. The van der Waals surface area contributed by atoms with Gasteiger partial charge in [-0.25, -0.2) is 9.18 Å². The molecule has 0 saturated heterocycles. The number of benzene rings is 1. The Bertz CT molecular complexity index is 585. The molecule has 0 fully saturated rings. The molecule has 0 spiro atoms. The number of nitrogens with one attached hydrogen (secondary N) is 1. The summed E-state index contributed by atoms with van der Waals surface area (Å²) in [6.07, 6.45) is 0. The zero-order valence-corrected chi connectivity index (χ0v) is 9.74. The minimum atomic E-state index is -1.13. The molecule has 1 aromatic heterocycles. The van der Waals surface area contributed by atoms with Crippen LogP contribution in [-0.4, -0.2) is 21.3 Å². The Labute approximate surface area is 106 Å². The highest BCUT2D eigenvalue weighted by atomic mass is 35.5. The van der Waals surface area contributed by atoms with E-state index in [0.717, 1.165) is 6.07 Å². The number of carboxylic acid groups (broad SMARTS) is 1. The minimum absolute atomic E-state index is 0.0611. The number of aromatic amines is 1. The Morgan fingerprint density at radius 1 is 1.50 bits per heavy atom. The molecule has 0 saturated carbocycles. The first-order valence-electron chi connectivity index (χ1n) is 4.91. The molecule has 2 N–H and O–H groups in total. The molecule has 2 rings (SSSR count). The molecule has 0 aliphatic rings. The van der Waals surface area contributed by atoms with Crippen LogP contribution in [0.5, 0.6) is 5.75 Å². The first-order valence-corrected chi connectivity index (χ1v) is 5.29. The van der Waals surface area contributed by atoms with Crippen molar-refractivity contribution in [1.29, 1.82) is 0 Å². The van der Waals surface area contributed by atoms with Gasteiger partial charge >= 0.3 is 5.97 Å². The van der Waals surface area contributed by atoms with E-state index < -0.39 is 11.8 Å². The van der Waals surface area contributed by atoms with Crippen molar-refractivity contribution in [2.45, 2.75) is 6.61 Å². The lowest BCUT2D eigenvalue weighted by Crippen LogP contribution is -1.96. The number of aromatic nitrogens is 2. The molecule has 0 unspecified atom stereocenters. The van der Waals surface area contributed by atoms with Gasteiger partial charge < -0.3 is 9.84 Å². The molecule has 0 aliphatic carbocycles. The third-order valence-corrected chi connectivity index (χ3v) is 2.42. The number of ether oxygens (including phenoxy) is 1. The van der Waals surface area contributed by atoms with Crippen LogP contribution in [0.1, 0.15) is 16.2 Å². The van der Waals surface area contributed by atoms with E-state index in [2.05, 4.69) is 10.2 Å². The summed E-state index contributed by atoms with van der Waals surface area (Å²) in [4.78, 5) is 10.6. The predicted octanol–water partition coefficient (Wildman–Crippen LogP) is 2.48. The van der Waals surface area contributed by atoms with Crippen LogP contribution in [0.4, 0.5) is 4.39 Å². The number of hydrogen-bond acceptors (Lipinski definition) is 3. The van der Waals surface area contributed by atoms with Gasteiger partial charge in [-0.3, -0.25) is 5.10 Å². The molecular weight excluding hydrogens is 263 g/mol. The van der Waals surface area contributed by atoms with E-state index in [1.807, 2.05) is 0 Å². The van der Waals surface area contributed by atoms with E-state index in [-0.39, 0.29) is 17.3 Å². The van der Waals surface area contributed by atoms with E-state index in [4.69, 9.17) is 21.4 Å². The van der Waals surface area contributed by atoms with E-state index in [9.17, 15) is 9.18 Å². The van der Waals surface area contributed by atoms with Crippen LogP contribution >= 0.6 is 11.6 Å². The first kappa shape index (κ1) is 12.4. The highest BCUT2D eigenvalue weighted by Gasteiger charge is 2.09. The van der Waals surface area contributed by atoms with Gasteiger partial charge in [0.1, 0.15) is 18.2 Å². The van der Waals surface area contributed by atoms with Crippen LogP contribution in [0, 0.1) is 5.82 Å². The maximum absolute atomic E-state index is 12.8. The fraction of sp³-hybridized carbons (Fsp3) is 0.0909. The Balaban J connectivity index is 2.04. The van der Waals surface area contributed by atoms with E-state index >= 15 is 0 Å². The van der Waals surface area contributed by atoms with Gasteiger partial charge in [0.15, 0.2) is 5.69 Å². The summed E-state index contributed by atoms with van der Waals surface area (Å²) < 4.78 is 18.1. The summed E-state index contributed by atoms with van der Waals surface area (Å²) in [7, 11) is 0. The van der Waals surface area contributed by atoms with Crippen molar-refractivity contribution in [2.75, 3.05) is 0 Å². The highest BCUT2D eigenvalue weighted by Crippen LogP contribution is 2.25. The van der Waals surface area contributed by atoms with Gasteiger partial charge in [-0.15, -0.1) is 0 Å². The van der Waals surface area contributed by atoms with Gasteiger partial charge in [0.05, 0.1) is 10.7 Å². The van der Waals surface area contributed by atoms with Crippen LogP contribution in [-0.2, 0) is 6.61 Å². The van der Waals surface area contributed by atoms with Crippen LogP contribution in [0.25, 0.3) is 0 Å². The molecule has 0 bridgehead atoms. The third kappa shape index (κ3) is 2.78. The Morgan fingerprint density at radius 3 is 2.89 bits per heavy atom. The van der Waals surface area contributed by atoms with Gasteiger partial charge in [0.25, 0.3) is 0 Å². The SMILES string of the molecule is O=C(O)c1cc(COc2ccc(F)cc2Cl)[nH]n1. The Hall–Kier alpha value is -2.08. The number of halogens is 2. The molecule has 94 valence electrons. The number of rotatable bonds is 4. The van der Waals surface area contributed by atoms with E-state index in [1.165, 1.54) is 18.2 Å². The topological polar surface area (TPSA) is 75.2 Å². The number of aromatic carboxylic acids is 1. The van der Waals surface area contributed by atoms with Crippen molar-refractivity contribution in [3.63, 3.8) is 0 Å². The van der Waals surface area contributed by atoms with Gasteiger partial charge in [-0.2, -0.15) is 5.10 Å². The molecule has 7 heteroatoms. The minimum Gasteiger partial charge on any atom is -0.486 e. The predicted molar refractivity (Wildman–Crippen MR) is 61.3 cm³/mol. The second kappa shape index (κ2) is 5.05. The Kier molecular flexibility index (Phi) is 3.47. The normalized spacial score (nSPS) is 10.3. The fourth-order valence-electron chi connectivity index (χ4n) is 1.29. The van der Waals surface area contributed by atoms with Crippen LogP contribution in [0.15, 0.2) is 24.3 Å². The highest BCUT2D eigenvalue weighted by molar-refractivity contribution is 6.32. The summed E-state index contributed by atoms with van der Waals surface area (Å²) in [6, 6.07) is 5.09. The van der Waals surface area contributed by atoms with Crippen LogP contribution < -0.4 is 4.74 Å². The van der Waals surface area contributed by atoms with Crippen LogP contribution in [0.3, 0.4) is 0 Å². The molecule has 1 aromatic carbocycles. The number of H-pyrrole nitrogens is 1. The van der Waals surface area contributed by atoms with Crippen molar-refractivity contribution in [1.82, 2.24) is 10.2 Å². The van der Waals surface area contributed by atoms with Crippen molar-refractivity contribution < 1.29 is 19.0 Å². The number of carbonyl (C=O) groups is 1. The zero-order chi connectivity index (χ0) is 13.1. The molecule has 0 amide bonds. The lowest BCUT2D eigenvalue weighted by Gasteiger charge is -2.06. The third-order valence-electron chi connectivity index (χ3n) is 2.13. The summed E-state index contributed by atoms with van der Waals surface area (Å²) in [5.41, 5.74) is 0.381. The van der Waals surface area contributed by atoms with Crippen LogP contribution in [0.2, 0.25) is 5.02 Å². The molecule has 0 aliphatic heterocycles. The second-order valence-electron chi connectivity index (χ2n) is 3.45. The average molecular weight is 271 g/mol. The molecule has 18 heavy (non-hydrogen) atoms.